The number of hydrogen-bond donors (Lipinski definition) is 1. The number of hydrogen-bond acceptors (Lipinski definition) is 3. The Morgan fingerprint density at radius 1 is 1.25 bits per heavy atom. The quantitative estimate of drug-likeness (QED) is 0.689. The van der Waals surface area contributed by atoms with E-state index < -0.39 is 5.97 Å². The molecule has 5 nitrogen and oxygen atoms in total. The van der Waals surface area contributed by atoms with Gasteiger partial charge in [-0.05, 0) is 42.2 Å². The summed E-state index contributed by atoms with van der Waals surface area (Å²) in [6.45, 7) is 0.288. The van der Waals surface area contributed by atoms with E-state index in [1.165, 1.54) is 11.1 Å². The Morgan fingerprint density at radius 3 is 2.89 bits per heavy atom. The van der Waals surface area contributed by atoms with Crippen molar-refractivity contribution in [3.8, 4) is 5.75 Å². The number of benzene rings is 2. The van der Waals surface area contributed by atoms with Crippen LogP contribution in [0.3, 0.4) is 0 Å². The summed E-state index contributed by atoms with van der Waals surface area (Å²) in [6.07, 6.45) is 8.49. The van der Waals surface area contributed by atoms with Crippen LogP contribution in [0, 0.1) is 0 Å². The molecule has 0 unspecified atom stereocenters. The fourth-order valence-electron chi connectivity index (χ4n) is 3.59. The lowest BCUT2D eigenvalue weighted by atomic mass is 9.96. The van der Waals surface area contributed by atoms with Gasteiger partial charge in [0, 0.05) is 18.0 Å². The van der Waals surface area contributed by atoms with Crippen molar-refractivity contribution < 1.29 is 14.6 Å². The second-order valence-electron chi connectivity index (χ2n) is 6.93. The van der Waals surface area contributed by atoms with Crippen LogP contribution in [0.4, 0.5) is 0 Å². The number of carboxylic acid groups (broad SMARTS) is 1. The molecule has 0 amide bonds. The molecule has 0 spiro atoms. The molecular weight excluding hydrogens is 352 g/mol. The average molecular weight is 374 g/mol. The molecule has 142 valence electrons. The summed E-state index contributed by atoms with van der Waals surface area (Å²) in [5.41, 5.74) is 5.09. The fourth-order valence-corrected chi connectivity index (χ4v) is 3.59. The van der Waals surface area contributed by atoms with Crippen molar-refractivity contribution in [2.24, 2.45) is 7.05 Å². The Balaban J connectivity index is 1.63. The van der Waals surface area contributed by atoms with Crippen LogP contribution in [-0.2, 0) is 24.9 Å². The molecular formula is C23H22N2O3. The molecule has 4 rings (SSSR count). The maximum atomic E-state index is 11.1. The number of aryl methyl sites for hydroxylation is 1. The number of para-hydroxylation sites is 1. The van der Waals surface area contributed by atoms with Gasteiger partial charge in [0.2, 0.25) is 0 Å². The number of fused-ring (bicyclic) bond motifs is 1. The maximum Gasteiger partial charge on any atom is 0.307 e. The van der Waals surface area contributed by atoms with Crippen LogP contribution in [0.2, 0.25) is 0 Å². The number of carboxylic acids is 1. The normalized spacial score (nSPS) is 13.5. The highest BCUT2D eigenvalue weighted by Gasteiger charge is 2.14. The molecule has 5 heteroatoms. The Labute approximate surface area is 163 Å². The lowest BCUT2D eigenvalue weighted by Gasteiger charge is -2.11. The largest absolute Gasteiger partial charge is 0.487 e. The summed E-state index contributed by atoms with van der Waals surface area (Å²) < 4.78 is 7.82. The van der Waals surface area contributed by atoms with Gasteiger partial charge >= 0.3 is 5.97 Å². The van der Waals surface area contributed by atoms with Gasteiger partial charge in [-0.15, -0.1) is 0 Å². The molecule has 0 aliphatic heterocycles. The first-order chi connectivity index (χ1) is 13.6. The van der Waals surface area contributed by atoms with Crippen LogP contribution < -0.4 is 4.74 Å². The molecule has 0 saturated heterocycles. The van der Waals surface area contributed by atoms with E-state index in [2.05, 4.69) is 41.5 Å². The monoisotopic (exact) mass is 374 g/mol. The molecule has 2 aromatic carbocycles. The fraction of sp³-hybridized carbons (Fsp3) is 0.217. The smallest absolute Gasteiger partial charge is 0.307 e. The number of aromatic nitrogens is 2. The van der Waals surface area contributed by atoms with Crippen molar-refractivity contribution in [1.29, 1.82) is 0 Å². The van der Waals surface area contributed by atoms with Crippen LogP contribution in [-0.4, -0.2) is 20.9 Å². The van der Waals surface area contributed by atoms with Gasteiger partial charge in [0.1, 0.15) is 18.1 Å². The van der Waals surface area contributed by atoms with Crippen LogP contribution in [0.1, 0.15) is 29.7 Å². The minimum Gasteiger partial charge on any atom is -0.487 e. The molecule has 1 aliphatic carbocycles. The van der Waals surface area contributed by atoms with Crippen molar-refractivity contribution in [3.63, 3.8) is 0 Å². The van der Waals surface area contributed by atoms with Crippen LogP contribution in [0.15, 0.2) is 60.7 Å². The second kappa shape index (κ2) is 7.72. The van der Waals surface area contributed by atoms with Crippen molar-refractivity contribution in [3.05, 3.63) is 77.5 Å². The minimum absolute atomic E-state index is 0.0645. The van der Waals surface area contributed by atoms with E-state index in [0.29, 0.717) is 11.3 Å². The zero-order chi connectivity index (χ0) is 19.5. The topological polar surface area (TPSA) is 64.4 Å². The number of carbonyl (C=O) groups is 1. The molecule has 1 N–H and O–H groups in total. The molecule has 28 heavy (non-hydrogen) atoms. The summed E-state index contributed by atoms with van der Waals surface area (Å²) in [4.78, 5) is 11.1. The Kier molecular flexibility index (Phi) is 4.98. The highest BCUT2D eigenvalue weighted by Crippen LogP contribution is 2.29. The number of rotatable bonds is 6. The predicted octanol–water partition coefficient (Wildman–Crippen LogP) is 4.51. The summed E-state index contributed by atoms with van der Waals surface area (Å²) >= 11 is 0. The van der Waals surface area contributed by atoms with Gasteiger partial charge < -0.3 is 9.84 Å². The van der Waals surface area contributed by atoms with Crippen LogP contribution >= 0.6 is 0 Å². The zero-order valence-electron chi connectivity index (χ0n) is 15.8. The van der Waals surface area contributed by atoms with E-state index in [1.807, 2.05) is 23.9 Å². The van der Waals surface area contributed by atoms with E-state index in [0.717, 1.165) is 29.4 Å². The van der Waals surface area contributed by atoms with Gasteiger partial charge in [-0.1, -0.05) is 42.5 Å². The second-order valence-corrected chi connectivity index (χ2v) is 6.93. The van der Waals surface area contributed by atoms with E-state index in [4.69, 9.17) is 9.84 Å². The maximum absolute atomic E-state index is 11.1. The molecule has 0 atom stereocenters. The first-order valence-corrected chi connectivity index (χ1v) is 9.36. The molecule has 3 aromatic rings. The molecule has 0 radical (unpaired) electrons. The Bertz CT molecular complexity index is 1090. The van der Waals surface area contributed by atoms with Gasteiger partial charge in [0.15, 0.2) is 0 Å². The van der Waals surface area contributed by atoms with Crippen LogP contribution in [0.25, 0.3) is 16.5 Å². The number of nitrogens with zero attached hydrogens (tertiary/aromatic N) is 2. The molecule has 1 aromatic heterocycles. The average Bonchev–Trinajstić information content (AvgIpc) is 3.03. The molecule has 0 bridgehead atoms. The van der Waals surface area contributed by atoms with Gasteiger partial charge in [-0.3, -0.25) is 9.48 Å². The first-order valence-electron chi connectivity index (χ1n) is 9.36. The highest BCUT2D eigenvalue weighted by molar-refractivity contribution is 5.86. The SMILES string of the molecule is Cn1nc(COc2ccccc2CC(=O)O)c2cc(C3=CC=CCC3)ccc21. The van der Waals surface area contributed by atoms with Crippen molar-refractivity contribution >= 4 is 22.4 Å². The van der Waals surface area contributed by atoms with E-state index in [-0.39, 0.29) is 13.0 Å². The Hall–Kier alpha value is -3.34. The van der Waals surface area contributed by atoms with Gasteiger partial charge in [-0.25, -0.2) is 0 Å². The summed E-state index contributed by atoms with van der Waals surface area (Å²) in [5, 5.41) is 14.8. The van der Waals surface area contributed by atoms with Crippen molar-refractivity contribution in [2.75, 3.05) is 0 Å². The van der Waals surface area contributed by atoms with Crippen molar-refractivity contribution in [1.82, 2.24) is 9.78 Å². The first kappa shape index (κ1) is 18.0. The predicted molar refractivity (Wildman–Crippen MR) is 109 cm³/mol. The van der Waals surface area contributed by atoms with Gasteiger partial charge in [0.05, 0.1) is 11.9 Å². The lowest BCUT2D eigenvalue weighted by molar-refractivity contribution is -0.136. The minimum atomic E-state index is -0.876. The summed E-state index contributed by atoms with van der Waals surface area (Å²) in [6, 6.07) is 13.7. The summed E-state index contributed by atoms with van der Waals surface area (Å²) in [7, 11) is 1.92. The Morgan fingerprint density at radius 2 is 2.11 bits per heavy atom. The standard InChI is InChI=1S/C23H22N2O3/c1-25-21-12-11-17(16-7-3-2-4-8-16)13-19(21)20(24-25)15-28-22-10-6-5-9-18(22)14-23(26)27/h2-3,5-7,9-13H,4,8,14-15H2,1H3,(H,26,27). The molecule has 0 fully saturated rings. The van der Waals surface area contributed by atoms with Gasteiger partial charge in [-0.2, -0.15) is 5.10 Å². The number of aliphatic carboxylic acids is 1. The van der Waals surface area contributed by atoms with Crippen molar-refractivity contribution in [2.45, 2.75) is 25.9 Å². The number of ether oxygens (including phenoxy) is 1. The van der Waals surface area contributed by atoms with Gasteiger partial charge in [0.25, 0.3) is 0 Å². The van der Waals surface area contributed by atoms with E-state index >= 15 is 0 Å². The van der Waals surface area contributed by atoms with Crippen LogP contribution in [0.5, 0.6) is 5.75 Å². The zero-order valence-corrected chi connectivity index (χ0v) is 15.8. The third kappa shape index (κ3) is 3.69. The summed E-state index contributed by atoms with van der Waals surface area (Å²) in [5.74, 6) is -0.293. The van der Waals surface area contributed by atoms with E-state index in [1.54, 1.807) is 12.1 Å². The lowest BCUT2D eigenvalue weighted by Crippen LogP contribution is -2.04. The molecule has 0 saturated carbocycles. The van der Waals surface area contributed by atoms with E-state index in [9.17, 15) is 4.79 Å². The molecule has 1 heterocycles. The number of allylic oxidation sites excluding steroid dienone is 4. The highest BCUT2D eigenvalue weighted by atomic mass is 16.5. The third-order valence-electron chi connectivity index (χ3n) is 4.99. The third-order valence-corrected chi connectivity index (χ3v) is 4.99. The molecule has 1 aliphatic rings.